The van der Waals surface area contributed by atoms with E-state index in [2.05, 4.69) is 25.8 Å². The molecule has 0 radical (unpaired) electrons. The van der Waals surface area contributed by atoms with Crippen LogP contribution in [-0.4, -0.2) is 34.2 Å². The van der Waals surface area contributed by atoms with Crippen molar-refractivity contribution in [1.29, 1.82) is 0 Å². The summed E-state index contributed by atoms with van der Waals surface area (Å²) in [6, 6.07) is 3.72. The Hall–Kier alpha value is -1.95. The van der Waals surface area contributed by atoms with Crippen molar-refractivity contribution in [3.63, 3.8) is 0 Å². The van der Waals surface area contributed by atoms with Gasteiger partial charge in [-0.2, -0.15) is 5.10 Å². The van der Waals surface area contributed by atoms with E-state index in [0.29, 0.717) is 11.5 Å². The van der Waals surface area contributed by atoms with E-state index in [-0.39, 0.29) is 11.8 Å². The average molecular weight is 245 g/mol. The number of aromatic nitrogens is 3. The number of nitrogens with zero attached hydrogens (tertiary/aromatic N) is 2. The molecule has 2 aromatic rings. The third-order valence-electron chi connectivity index (χ3n) is 3.29. The summed E-state index contributed by atoms with van der Waals surface area (Å²) in [7, 11) is 0. The van der Waals surface area contributed by atoms with Gasteiger partial charge in [0, 0.05) is 12.1 Å². The smallest absolute Gasteiger partial charge is 0.228 e. The number of rotatable bonds is 2. The summed E-state index contributed by atoms with van der Waals surface area (Å²) in [5.41, 5.74) is 0.693. The number of hydrogen-bond donors (Lipinski definition) is 3. The molecule has 6 nitrogen and oxygen atoms in total. The van der Waals surface area contributed by atoms with Gasteiger partial charge in [-0.1, -0.05) is 0 Å². The lowest BCUT2D eigenvalue weighted by Gasteiger charge is -2.21. The molecule has 0 atom stereocenters. The summed E-state index contributed by atoms with van der Waals surface area (Å²) >= 11 is 0. The van der Waals surface area contributed by atoms with Crippen molar-refractivity contribution in [2.75, 3.05) is 18.4 Å². The van der Waals surface area contributed by atoms with E-state index >= 15 is 0 Å². The van der Waals surface area contributed by atoms with Gasteiger partial charge >= 0.3 is 0 Å². The van der Waals surface area contributed by atoms with Crippen LogP contribution in [0.15, 0.2) is 18.3 Å². The lowest BCUT2D eigenvalue weighted by atomic mass is 9.97. The molecule has 3 heterocycles. The van der Waals surface area contributed by atoms with Gasteiger partial charge in [0.2, 0.25) is 5.91 Å². The van der Waals surface area contributed by atoms with Crippen molar-refractivity contribution >= 4 is 22.8 Å². The number of nitrogens with one attached hydrogen (secondary N) is 3. The van der Waals surface area contributed by atoms with Crippen LogP contribution in [-0.2, 0) is 4.79 Å². The SMILES string of the molecule is O=C(Nc1n[nH]c2ncccc12)C1CCNCC1. The first kappa shape index (κ1) is 11.2. The van der Waals surface area contributed by atoms with E-state index in [1.165, 1.54) is 0 Å². The van der Waals surface area contributed by atoms with Crippen molar-refractivity contribution in [2.45, 2.75) is 12.8 Å². The largest absolute Gasteiger partial charge is 0.317 e. The molecule has 0 unspecified atom stereocenters. The lowest BCUT2D eigenvalue weighted by Crippen LogP contribution is -2.34. The zero-order chi connectivity index (χ0) is 12.4. The van der Waals surface area contributed by atoms with E-state index in [4.69, 9.17) is 0 Å². The minimum atomic E-state index is 0.0498. The molecule has 6 heteroatoms. The van der Waals surface area contributed by atoms with E-state index in [9.17, 15) is 4.79 Å². The molecule has 1 saturated heterocycles. The maximum Gasteiger partial charge on any atom is 0.228 e. The predicted octanol–water partition coefficient (Wildman–Crippen LogP) is 0.896. The predicted molar refractivity (Wildman–Crippen MR) is 68.1 cm³/mol. The Bertz CT molecular complexity index is 558. The van der Waals surface area contributed by atoms with Gasteiger partial charge in [-0.15, -0.1) is 0 Å². The maximum atomic E-state index is 12.1. The number of pyridine rings is 1. The van der Waals surface area contributed by atoms with E-state index in [0.717, 1.165) is 31.3 Å². The van der Waals surface area contributed by atoms with Crippen molar-refractivity contribution in [3.05, 3.63) is 18.3 Å². The van der Waals surface area contributed by atoms with Gasteiger partial charge in [-0.05, 0) is 38.1 Å². The third kappa shape index (κ3) is 2.06. The topological polar surface area (TPSA) is 82.7 Å². The van der Waals surface area contributed by atoms with Gasteiger partial charge in [0.05, 0.1) is 5.39 Å². The molecule has 0 aliphatic carbocycles. The normalized spacial score (nSPS) is 16.9. The first-order chi connectivity index (χ1) is 8.84. The van der Waals surface area contributed by atoms with Crippen molar-refractivity contribution in [1.82, 2.24) is 20.5 Å². The van der Waals surface area contributed by atoms with E-state index in [1.807, 2.05) is 12.1 Å². The second kappa shape index (κ2) is 4.73. The van der Waals surface area contributed by atoms with Crippen LogP contribution in [0.25, 0.3) is 11.0 Å². The van der Waals surface area contributed by atoms with Crippen LogP contribution in [0.2, 0.25) is 0 Å². The highest BCUT2D eigenvalue weighted by Gasteiger charge is 2.22. The van der Waals surface area contributed by atoms with Crippen molar-refractivity contribution < 1.29 is 4.79 Å². The van der Waals surface area contributed by atoms with Gasteiger partial charge in [0.15, 0.2) is 11.5 Å². The molecular formula is C12H15N5O. The highest BCUT2D eigenvalue weighted by Crippen LogP contribution is 2.20. The van der Waals surface area contributed by atoms with Crippen LogP contribution in [0.3, 0.4) is 0 Å². The van der Waals surface area contributed by atoms with Crippen LogP contribution in [0, 0.1) is 5.92 Å². The van der Waals surface area contributed by atoms with Crippen LogP contribution in [0.4, 0.5) is 5.82 Å². The monoisotopic (exact) mass is 245 g/mol. The molecular weight excluding hydrogens is 230 g/mol. The number of anilines is 1. The molecule has 2 aromatic heterocycles. The number of carbonyl (C=O) groups excluding carboxylic acids is 1. The van der Waals surface area contributed by atoms with Gasteiger partial charge in [0.1, 0.15) is 0 Å². The highest BCUT2D eigenvalue weighted by molar-refractivity contribution is 5.99. The maximum absolute atomic E-state index is 12.1. The van der Waals surface area contributed by atoms with Crippen LogP contribution in [0.1, 0.15) is 12.8 Å². The number of aromatic amines is 1. The van der Waals surface area contributed by atoms with Crippen molar-refractivity contribution in [2.24, 2.45) is 5.92 Å². The van der Waals surface area contributed by atoms with E-state index < -0.39 is 0 Å². The molecule has 0 bridgehead atoms. The molecule has 1 aliphatic rings. The zero-order valence-electron chi connectivity index (χ0n) is 9.94. The number of H-pyrrole nitrogens is 1. The molecule has 3 N–H and O–H groups in total. The van der Waals surface area contributed by atoms with Crippen molar-refractivity contribution in [3.8, 4) is 0 Å². The van der Waals surface area contributed by atoms with E-state index in [1.54, 1.807) is 6.20 Å². The standard InChI is InChI=1S/C12H15N5O/c18-12(8-3-6-13-7-4-8)15-11-9-2-1-5-14-10(9)16-17-11/h1-2,5,8,13H,3-4,6-7H2,(H2,14,15,16,17,18). The molecule has 1 aliphatic heterocycles. The Labute approximate surface area is 104 Å². The van der Waals surface area contributed by atoms with Crippen LogP contribution < -0.4 is 10.6 Å². The Kier molecular flexibility index (Phi) is 2.93. The lowest BCUT2D eigenvalue weighted by molar-refractivity contribution is -0.120. The third-order valence-corrected chi connectivity index (χ3v) is 3.29. The summed E-state index contributed by atoms with van der Waals surface area (Å²) in [6.07, 6.45) is 3.46. The first-order valence-corrected chi connectivity index (χ1v) is 6.15. The second-order valence-electron chi connectivity index (χ2n) is 4.49. The number of amides is 1. The number of piperidine rings is 1. The van der Waals surface area contributed by atoms with Crippen LogP contribution in [0.5, 0.6) is 0 Å². The van der Waals surface area contributed by atoms with Gasteiger partial charge in [-0.25, -0.2) is 4.98 Å². The highest BCUT2D eigenvalue weighted by atomic mass is 16.2. The van der Waals surface area contributed by atoms with Gasteiger partial charge < -0.3 is 10.6 Å². The first-order valence-electron chi connectivity index (χ1n) is 6.15. The minimum absolute atomic E-state index is 0.0498. The molecule has 0 saturated carbocycles. The molecule has 94 valence electrons. The summed E-state index contributed by atoms with van der Waals surface area (Å²) in [6.45, 7) is 1.81. The van der Waals surface area contributed by atoms with Gasteiger partial charge in [0.25, 0.3) is 0 Å². The quantitative estimate of drug-likeness (QED) is 0.734. The Balaban J connectivity index is 1.77. The van der Waals surface area contributed by atoms with Crippen LogP contribution >= 0.6 is 0 Å². The summed E-state index contributed by atoms with van der Waals surface area (Å²) in [5, 5.41) is 13.9. The molecule has 1 amide bonds. The fraction of sp³-hybridized carbons (Fsp3) is 0.417. The molecule has 0 spiro atoms. The fourth-order valence-electron chi connectivity index (χ4n) is 2.25. The Morgan fingerprint density at radius 3 is 3.06 bits per heavy atom. The van der Waals surface area contributed by atoms with Gasteiger partial charge in [-0.3, -0.25) is 9.89 Å². The summed E-state index contributed by atoms with van der Waals surface area (Å²) in [4.78, 5) is 16.2. The number of hydrogen-bond acceptors (Lipinski definition) is 4. The molecule has 18 heavy (non-hydrogen) atoms. The average Bonchev–Trinajstić information content (AvgIpc) is 2.83. The number of fused-ring (bicyclic) bond motifs is 1. The summed E-state index contributed by atoms with van der Waals surface area (Å²) in [5.74, 6) is 0.699. The Morgan fingerprint density at radius 2 is 2.22 bits per heavy atom. The zero-order valence-corrected chi connectivity index (χ0v) is 9.94. The summed E-state index contributed by atoms with van der Waals surface area (Å²) < 4.78 is 0. The fourth-order valence-corrected chi connectivity index (χ4v) is 2.25. The minimum Gasteiger partial charge on any atom is -0.317 e. The molecule has 0 aromatic carbocycles. The molecule has 3 rings (SSSR count). The second-order valence-corrected chi connectivity index (χ2v) is 4.49. The Morgan fingerprint density at radius 1 is 1.39 bits per heavy atom. The number of carbonyl (C=O) groups is 1. The molecule has 1 fully saturated rings.